The molecule has 0 radical (unpaired) electrons. The molecule has 6 heteroatoms. The van der Waals surface area contributed by atoms with Crippen LogP contribution in [-0.4, -0.2) is 33.6 Å². The zero-order chi connectivity index (χ0) is 14.6. The smallest absolute Gasteiger partial charge is 0.273 e. The van der Waals surface area contributed by atoms with Gasteiger partial charge >= 0.3 is 0 Å². The molecule has 0 N–H and O–H groups in total. The predicted molar refractivity (Wildman–Crippen MR) is 77.8 cm³/mol. The summed E-state index contributed by atoms with van der Waals surface area (Å²) < 4.78 is 0. The van der Waals surface area contributed by atoms with Gasteiger partial charge in [0, 0.05) is 35.1 Å². The maximum Gasteiger partial charge on any atom is 0.273 e. The van der Waals surface area contributed by atoms with Gasteiger partial charge < -0.3 is 4.90 Å². The van der Waals surface area contributed by atoms with Gasteiger partial charge in [-0.3, -0.25) is 14.9 Å². The fourth-order valence-electron chi connectivity index (χ4n) is 1.89. The van der Waals surface area contributed by atoms with Gasteiger partial charge in [0.25, 0.3) is 11.6 Å². The quantitative estimate of drug-likeness (QED) is 0.474. The predicted octanol–water partition coefficient (Wildman–Crippen LogP) is 3.15. The van der Waals surface area contributed by atoms with E-state index >= 15 is 0 Å². The van der Waals surface area contributed by atoms with Crippen LogP contribution >= 0.6 is 15.9 Å². The van der Waals surface area contributed by atoms with Crippen molar-refractivity contribution in [2.45, 2.75) is 26.8 Å². The number of rotatable bonds is 5. The van der Waals surface area contributed by atoms with E-state index in [0.29, 0.717) is 23.0 Å². The minimum atomic E-state index is -0.462. The van der Waals surface area contributed by atoms with E-state index in [1.807, 2.05) is 13.8 Å². The van der Waals surface area contributed by atoms with E-state index in [-0.39, 0.29) is 17.6 Å². The van der Waals surface area contributed by atoms with Crippen molar-refractivity contribution in [1.29, 1.82) is 0 Å². The van der Waals surface area contributed by atoms with Gasteiger partial charge in [0.1, 0.15) is 0 Å². The zero-order valence-electron chi connectivity index (χ0n) is 11.2. The Morgan fingerprint density at radius 3 is 2.58 bits per heavy atom. The van der Waals surface area contributed by atoms with Crippen molar-refractivity contribution in [2.24, 2.45) is 0 Å². The maximum atomic E-state index is 12.5. The number of carbonyl (C=O) groups excluding carboxylic acids is 1. The van der Waals surface area contributed by atoms with Crippen LogP contribution in [-0.2, 0) is 0 Å². The Labute approximate surface area is 120 Å². The Balaban J connectivity index is 3.18. The van der Waals surface area contributed by atoms with Crippen molar-refractivity contribution in [2.75, 3.05) is 11.9 Å². The van der Waals surface area contributed by atoms with Crippen molar-refractivity contribution in [3.8, 4) is 0 Å². The van der Waals surface area contributed by atoms with Crippen LogP contribution in [0, 0.1) is 17.0 Å². The molecule has 0 aliphatic heterocycles. The van der Waals surface area contributed by atoms with Gasteiger partial charge in [0.05, 0.1) is 4.92 Å². The lowest BCUT2D eigenvalue weighted by Crippen LogP contribution is -2.38. The van der Waals surface area contributed by atoms with Gasteiger partial charge in [0.2, 0.25) is 0 Å². The average Bonchev–Trinajstić information content (AvgIpc) is 2.34. The standard InChI is InChI=1S/C13H17BrN2O3/c1-9(2)15(8-7-14)13(17)11-5-4-6-12(10(11)3)16(18)19/h4-6,9H,7-8H2,1-3H3. The summed E-state index contributed by atoms with van der Waals surface area (Å²) in [5.74, 6) is -0.171. The number of amides is 1. The van der Waals surface area contributed by atoms with Gasteiger partial charge in [-0.15, -0.1) is 0 Å². The molecule has 19 heavy (non-hydrogen) atoms. The molecular formula is C13H17BrN2O3. The van der Waals surface area contributed by atoms with E-state index < -0.39 is 4.92 Å². The molecule has 0 aliphatic rings. The highest BCUT2D eigenvalue weighted by molar-refractivity contribution is 9.09. The molecule has 0 bridgehead atoms. The van der Waals surface area contributed by atoms with Crippen molar-refractivity contribution in [1.82, 2.24) is 4.90 Å². The summed E-state index contributed by atoms with van der Waals surface area (Å²) in [4.78, 5) is 24.6. The Morgan fingerprint density at radius 2 is 2.11 bits per heavy atom. The van der Waals surface area contributed by atoms with E-state index in [0.717, 1.165) is 0 Å². The number of carbonyl (C=O) groups is 1. The maximum absolute atomic E-state index is 12.5. The topological polar surface area (TPSA) is 63.5 Å². The van der Waals surface area contributed by atoms with Gasteiger partial charge in [-0.1, -0.05) is 22.0 Å². The third-order valence-corrected chi connectivity index (χ3v) is 3.30. The Bertz CT molecular complexity index is 489. The van der Waals surface area contributed by atoms with Crippen LogP contribution < -0.4 is 0 Å². The summed E-state index contributed by atoms with van der Waals surface area (Å²) in [5.41, 5.74) is 0.787. The molecule has 0 aromatic heterocycles. The minimum absolute atomic E-state index is 0.0200. The molecule has 1 amide bonds. The first-order valence-corrected chi connectivity index (χ1v) is 7.13. The molecule has 1 aromatic rings. The van der Waals surface area contributed by atoms with E-state index in [1.165, 1.54) is 6.07 Å². The van der Waals surface area contributed by atoms with Crippen LogP contribution in [0.1, 0.15) is 29.8 Å². The van der Waals surface area contributed by atoms with E-state index in [2.05, 4.69) is 15.9 Å². The minimum Gasteiger partial charge on any atom is -0.335 e. The first kappa shape index (κ1) is 15.6. The molecule has 0 aliphatic carbocycles. The number of alkyl halides is 1. The van der Waals surface area contributed by atoms with Gasteiger partial charge in [-0.2, -0.15) is 0 Å². The number of hydrogen-bond donors (Lipinski definition) is 0. The summed E-state index contributed by atoms with van der Waals surface area (Å²) in [5, 5.41) is 11.6. The number of halogens is 1. The second kappa shape index (κ2) is 6.65. The van der Waals surface area contributed by atoms with Gasteiger partial charge in [-0.05, 0) is 26.8 Å². The molecule has 1 rings (SSSR count). The molecule has 1 aromatic carbocycles. The lowest BCUT2D eigenvalue weighted by atomic mass is 10.0. The summed E-state index contributed by atoms with van der Waals surface area (Å²) in [6, 6.07) is 4.64. The molecule has 5 nitrogen and oxygen atoms in total. The molecular weight excluding hydrogens is 312 g/mol. The molecule has 0 fully saturated rings. The lowest BCUT2D eigenvalue weighted by molar-refractivity contribution is -0.385. The van der Waals surface area contributed by atoms with Crippen LogP contribution in [0.4, 0.5) is 5.69 Å². The monoisotopic (exact) mass is 328 g/mol. The number of nitro benzene ring substituents is 1. The van der Waals surface area contributed by atoms with E-state index in [1.54, 1.807) is 24.0 Å². The highest BCUT2D eigenvalue weighted by Gasteiger charge is 2.23. The molecule has 0 heterocycles. The second-order valence-corrected chi connectivity index (χ2v) is 5.28. The SMILES string of the molecule is Cc1c(C(=O)N(CCBr)C(C)C)cccc1[N+](=O)[O-]. The Kier molecular flexibility index (Phi) is 5.47. The van der Waals surface area contributed by atoms with Crippen molar-refractivity contribution in [3.05, 3.63) is 39.4 Å². The van der Waals surface area contributed by atoms with Gasteiger partial charge in [-0.25, -0.2) is 0 Å². The zero-order valence-corrected chi connectivity index (χ0v) is 12.8. The van der Waals surface area contributed by atoms with Crippen LogP contribution in [0.15, 0.2) is 18.2 Å². The van der Waals surface area contributed by atoms with Crippen LogP contribution in [0.2, 0.25) is 0 Å². The van der Waals surface area contributed by atoms with Crippen molar-refractivity contribution >= 4 is 27.5 Å². The number of benzene rings is 1. The average molecular weight is 329 g/mol. The Morgan fingerprint density at radius 1 is 1.47 bits per heavy atom. The molecule has 0 unspecified atom stereocenters. The molecule has 104 valence electrons. The molecule has 0 saturated heterocycles. The number of nitro groups is 1. The van der Waals surface area contributed by atoms with Crippen molar-refractivity contribution < 1.29 is 9.72 Å². The second-order valence-electron chi connectivity index (χ2n) is 4.49. The third-order valence-electron chi connectivity index (χ3n) is 2.94. The summed E-state index contributed by atoms with van der Waals surface area (Å²) in [6.07, 6.45) is 0. The van der Waals surface area contributed by atoms with Crippen LogP contribution in [0.25, 0.3) is 0 Å². The molecule has 0 atom stereocenters. The van der Waals surface area contributed by atoms with Gasteiger partial charge in [0.15, 0.2) is 0 Å². The van der Waals surface area contributed by atoms with Crippen LogP contribution in [0.5, 0.6) is 0 Å². The summed E-state index contributed by atoms with van der Waals surface area (Å²) in [7, 11) is 0. The number of hydrogen-bond acceptors (Lipinski definition) is 3. The fourth-order valence-corrected chi connectivity index (χ4v) is 2.28. The first-order chi connectivity index (χ1) is 8.90. The Hall–Kier alpha value is -1.43. The lowest BCUT2D eigenvalue weighted by Gasteiger charge is -2.26. The van der Waals surface area contributed by atoms with E-state index in [9.17, 15) is 14.9 Å². The van der Waals surface area contributed by atoms with Crippen molar-refractivity contribution in [3.63, 3.8) is 0 Å². The fraction of sp³-hybridized carbons (Fsp3) is 0.462. The highest BCUT2D eigenvalue weighted by atomic mass is 79.9. The third kappa shape index (κ3) is 3.53. The van der Waals surface area contributed by atoms with E-state index in [4.69, 9.17) is 0 Å². The summed E-state index contributed by atoms with van der Waals surface area (Å²) in [6.45, 7) is 6.02. The molecule has 0 saturated carbocycles. The normalized spacial score (nSPS) is 10.6. The van der Waals surface area contributed by atoms with Crippen LogP contribution in [0.3, 0.4) is 0 Å². The molecule has 0 spiro atoms. The number of nitrogens with zero attached hydrogens (tertiary/aromatic N) is 2. The summed E-state index contributed by atoms with van der Waals surface area (Å²) >= 11 is 3.31. The first-order valence-electron chi connectivity index (χ1n) is 6.01. The highest BCUT2D eigenvalue weighted by Crippen LogP contribution is 2.22. The largest absolute Gasteiger partial charge is 0.335 e.